The normalized spacial score (nSPS) is 11.0. The van der Waals surface area contributed by atoms with Crippen molar-refractivity contribution >= 4 is 110 Å². The number of nitrogens with zero attached hydrogens (tertiary/aromatic N) is 9. The van der Waals surface area contributed by atoms with E-state index < -0.39 is 75.4 Å². The zero-order valence-electron chi connectivity index (χ0n) is 67.1. The molecule has 0 saturated heterocycles. The molecule has 0 saturated carbocycles. The minimum absolute atomic E-state index is 0.0147. The number of anilines is 1. The van der Waals surface area contributed by atoms with Gasteiger partial charge in [0.05, 0.1) is 84.9 Å². The highest BCUT2D eigenvalue weighted by Crippen LogP contribution is 2.32. The molecule has 14 aromatic rings. The summed E-state index contributed by atoms with van der Waals surface area (Å²) in [5.74, 6) is -9.60. The Balaban J connectivity index is 0.000000162. The first-order chi connectivity index (χ1) is 59.3. The molecule has 634 valence electrons. The van der Waals surface area contributed by atoms with Crippen molar-refractivity contribution in [2.24, 2.45) is 5.10 Å². The highest BCUT2D eigenvalue weighted by atomic mass is 35.5. The van der Waals surface area contributed by atoms with Gasteiger partial charge in [-0.15, -0.1) is 10.2 Å². The number of aryl methyl sites for hydroxylation is 8. The fraction of sp³-hybridized carbons (Fsp3) is 0.101. The zero-order valence-corrected chi connectivity index (χ0v) is 68.7. The maximum atomic E-state index is 12.9. The van der Waals surface area contributed by atoms with E-state index >= 15 is 0 Å². The highest BCUT2D eigenvalue weighted by Gasteiger charge is 2.25. The molecule has 3 amide bonds. The number of carboxylic acids is 7. The van der Waals surface area contributed by atoms with Crippen LogP contribution in [0.15, 0.2) is 227 Å². The van der Waals surface area contributed by atoms with Crippen molar-refractivity contribution in [3.63, 3.8) is 0 Å². The Bertz CT molecular complexity index is 6800. The van der Waals surface area contributed by atoms with Gasteiger partial charge in [-0.1, -0.05) is 41.9 Å². The number of nitrogens with one attached hydrogen (secondary N) is 3. The molecule has 6 aromatic heterocycles. The summed E-state index contributed by atoms with van der Waals surface area (Å²) in [6.07, 6.45) is 1.30. The van der Waals surface area contributed by atoms with Crippen LogP contribution in [-0.4, -0.2) is 165 Å². The number of aromatic nitrogens is 8. The number of hydrogen-bond donors (Lipinski definition) is 11. The van der Waals surface area contributed by atoms with Crippen LogP contribution < -0.4 is 16.1 Å². The number of aromatic carboxylic acids is 7. The summed E-state index contributed by atoms with van der Waals surface area (Å²) in [6, 6.07) is 53.6. The first-order valence-corrected chi connectivity index (χ1v) is 38.9. The quantitative estimate of drug-likeness (QED) is 0.00931. The van der Waals surface area contributed by atoms with Crippen molar-refractivity contribution in [1.29, 1.82) is 0 Å². The average molecular weight is 1730 g/mol. The maximum Gasteiger partial charge on any atom is 0.337 e. The molecule has 11 N–H and O–H groups in total. The molecule has 14 rings (SSSR count). The number of rotatable bonds is 23. The van der Waals surface area contributed by atoms with Gasteiger partial charge in [0.15, 0.2) is 5.78 Å². The van der Waals surface area contributed by atoms with Crippen molar-refractivity contribution in [2.75, 3.05) is 11.9 Å². The molecule has 36 heteroatoms. The molecule has 0 aliphatic carbocycles. The Morgan fingerprint density at radius 3 is 1.21 bits per heavy atom. The molecule has 8 aromatic carbocycles. The summed E-state index contributed by atoms with van der Waals surface area (Å²) in [7, 11) is -4.29. The lowest BCUT2D eigenvalue weighted by Crippen LogP contribution is -2.30. The summed E-state index contributed by atoms with van der Waals surface area (Å²) in [5.41, 5.74) is 13.5. The number of carboxylic acid groups (broad SMARTS) is 7. The van der Waals surface area contributed by atoms with Crippen molar-refractivity contribution < 1.29 is 106 Å². The Hall–Kier alpha value is -16.4. The third-order valence-corrected chi connectivity index (χ3v) is 20.5. The van der Waals surface area contributed by atoms with Crippen LogP contribution in [0.1, 0.15) is 165 Å². The minimum Gasteiger partial charge on any atom is -0.478 e. The van der Waals surface area contributed by atoms with E-state index in [1.54, 1.807) is 38.0 Å². The van der Waals surface area contributed by atoms with Crippen molar-refractivity contribution in [3.05, 3.63) is 330 Å². The van der Waals surface area contributed by atoms with Crippen LogP contribution in [0.25, 0.3) is 56.6 Å². The second-order valence-corrected chi connectivity index (χ2v) is 29.6. The maximum absolute atomic E-state index is 12.9. The first-order valence-electron chi connectivity index (χ1n) is 37.1. The van der Waals surface area contributed by atoms with Crippen molar-refractivity contribution in [1.82, 2.24) is 49.2 Å². The Labute approximate surface area is 714 Å². The van der Waals surface area contributed by atoms with Crippen LogP contribution in [0.3, 0.4) is 0 Å². The Morgan fingerprint density at radius 2 is 0.776 bits per heavy atom. The third-order valence-electron chi connectivity index (χ3n) is 19.3. The lowest BCUT2D eigenvalue weighted by atomic mass is 10.1. The standard InChI is InChI=1S/C23H17ClN4O5.C23H20N2O6.C22H17N3O5.C21H19N3O6S/c1-11-3-4-12(2)28(11)18-10-13(5-8-16(18)22(32)33)20(29)27-23-25-17-9-14(21(30)31)6-7-15(17)19(24)26-23;1-13-6-7-14(2)25(13)19-11-16(8-9-18(19)23(30)31)21(27)24-12-20(26)15-4-3-5-17(10-15)22(28)29;1-12-6-7-13(2)25(12)18-11-15(8-9-17(18)22(28)29)20-24-23-19(30-20)14-4-3-5-16(10-14)21(26)27;1-13-3-4-14(2)24(13)19-11-16(7-10-18(19)21(26)27)20(25)23-22-12-15-5-8-17(9-6-15)31(28,29)30/h3-10H,1-2H3,(H,30,31)(H,32,33)(H,25,26,27,29);3-11H,12H2,1-2H3,(H,24,27)(H,28,29)(H,30,31);3-11H,1-2H3,(H,26,27)(H,28,29);3-12H,1-2H3,(H,23,25)(H,26,27)(H,28,29,30)/b;;;22-12+. The number of halogens is 1. The number of amides is 3. The van der Waals surface area contributed by atoms with Gasteiger partial charge < -0.3 is 63.7 Å². The summed E-state index contributed by atoms with van der Waals surface area (Å²) in [4.78, 5) is 139. The molecule has 0 fully saturated rings. The lowest BCUT2D eigenvalue weighted by Gasteiger charge is -2.14. The summed E-state index contributed by atoms with van der Waals surface area (Å²) < 4.78 is 43.9. The predicted molar refractivity (Wildman–Crippen MR) is 455 cm³/mol. The van der Waals surface area contributed by atoms with E-state index in [9.17, 15) is 86.7 Å². The van der Waals surface area contributed by atoms with Crippen LogP contribution in [0.5, 0.6) is 0 Å². The third kappa shape index (κ3) is 20.7. The summed E-state index contributed by atoms with van der Waals surface area (Å²) in [6.45, 7) is 14.5. The first kappa shape index (κ1) is 89.4. The fourth-order valence-corrected chi connectivity index (χ4v) is 13.9. The molecule has 0 bridgehead atoms. The number of hydrazone groups is 1. The fourth-order valence-electron chi connectivity index (χ4n) is 13.2. The van der Waals surface area contributed by atoms with Gasteiger partial charge in [-0.25, -0.2) is 49.0 Å². The molecule has 0 aliphatic rings. The van der Waals surface area contributed by atoms with E-state index in [1.165, 1.54) is 146 Å². The molecule has 0 spiro atoms. The largest absolute Gasteiger partial charge is 0.478 e. The van der Waals surface area contributed by atoms with E-state index in [0.717, 1.165) is 45.6 Å². The number of ketones is 1. The molecule has 0 atom stereocenters. The van der Waals surface area contributed by atoms with Gasteiger partial charge in [0, 0.05) is 84.3 Å². The molecule has 34 nitrogen and oxygen atoms in total. The topological polar surface area (TPSA) is 517 Å². The van der Waals surface area contributed by atoms with E-state index in [1.807, 2.05) is 108 Å². The van der Waals surface area contributed by atoms with Gasteiger partial charge in [-0.2, -0.15) is 13.5 Å². The second kappa shape index (κ2) is 37.9. The number of benzene rings is 8. The number of carbonyl (C=O) groups excluding carboxylic acids is 4. The molecular weight excluding hydrogens is 1660 g/mol. The van der Waals surface area contributed by atoms with Crippen LogP contribution in [-0.2, 0) is 10.1 Å². The van der Waals surface area contributed by atoms with Gasteiger partial charge in [0.1, 0.15) is 5.15 Å². The van der Waals surface area contributed by atoms with Gasteiger partial charge in [-0.05, 0) is 243 Å². The lowest BCUT2D eigenvalue weighted by molar-refractivity contribution is 0.0686. The van der Waals surface area contributed by atoms with Crippen LogP contribution in [0.4, 0.5) is 5.95 Å². The predicted octanol–water partition coefficient (Wildman–Crippen LogP) is 14.5. The number of carbonyl (C=O) groups is 11. The van der Waals surface area contributed by atoms with Gasteiger partial charge >= 0.3 is 41.8 Å². The molecule has 6 heterocycles. The molecular formula is C89H73ClN12O22S. The Kier molecular flexibility index (Phi) is 27.1. The molecule has 0 radical (unpaired) electrons. The summed E-state index contributed by atoms with van der Waals surface area (Å²) >= 11 is 6.19. The van der Waals surface area contributed by atoms with E-state index in [-0.39, 0.29) is 101 Å². The zero-order chi connectivity index (χ0) is 90.7. The molecule has 125 heavy (non-hydrogen) atoms. The van der Waals surface area contributed by atoms with E-state index in [4.69, 9.17) is 30.8 Å². The summed E-state index contributed by atoms with van der Waals surface area (Å²) in [5, 5.41) is 83.1. The van der Waals surface area contributed by atoms with Crippen LogP contribution in [0.2, 0.25) is 5.15 Å². The van der Waals surface area contributed by atoms with Crippen LogP contribution >= 0.6 is 11.6 Å². The molecule has 0 unspecified atom stereocenters. The van der Waals surface area contributed by atoms with E-state index in [2.05, 4.69) is 41.3 Å². The van der Waals surface area contributed by atoms with Gasteiger partial charge in [-0.3, -0.25) is 29.0 Å². The van der Waals surface area contributed by atoms with Gasteiger partial charge in [0.25, 0.3) is 27.8 Å². The Morgan fingerprint density at radius 1 is 0.400 bits per heavy atom. The van der Waals surface area contributed by atoms with E-state index in [0.29, 0.717) is 44.8 Å². The second-order valence-electron chi connectivity index (χ2n) is 27.8. The average Bonchev–Trinajstić information content (AvgIpc) is 1.60. The van der Waals surface area contributed by atoms with Crippen molar-refractivity contribution in [2.45, 2.75) is 60.3 Å². The van der Waals surface area contributed by atoms with Crippen LogP contribution in [0, 0.1) is 55.4 Å². The molecule has 0 aliphatic heterocycles. The number of Topliss-reactive ketones (excluding diaryl/α,β-unsaturated/α-hetero) is 1. The number of hydrogen-bond acceptors (Lipinski definition) is 19. The minimum atomic E-state index is -4.29. The highest BCUT2D eigenvalue weighted by molar-refractivity contribution is 7.85. The monoisotopic (exact) mass is 1730 g/mol. The number of fused-ring (bicyclic) bond motifs is 1. The van der Waals surface area contributed by atoms with Gasteiger partial charge in [0.2, 0.25) is 17.7 Å². The SMILES string of the molecule is Cc1ccc(C)n1-c1cc(-c2nnc(-c3cccc(C(=O)O)c3)o2)ccc1C(=O)O.Cc1ccc(C)n1-c1cc(C(=O)N/N=C/c2ccc(S(=O)(=O)O)cc2)ccc1C(=O)O.Cc1ccc(C)n1-c1cc(C(=O)NCC(=O)c2cccc(C(=O)O)c2)ccc1C(=O)O.Cc1ccc(C)n1-c1cc(C(=O)Nc2nc(Cl)c3ccc(C(=O)O)cc3n2)ccc1C(=O)O. The van der Waals surface area contributed by atoms with Crippen molar-refractivity contribution in [3.8, 4) is 45.7 Å². The smallest absolute Gasteiger partial charge is 0.337 e.